The zero-order chi connectivity index (χ0) is 21.9. The minimum absolute atomic E-state index is 0.0827. The maximum Gasteiger partial charge on any atom is 0.251 e. The number of rotatable bonds is 10. The Kier molecular flexibility index (Phi) is 8.05. The molecule has 0 aliphatic rings. The first kappa shape index (κ1) is 21.9. The zero-order valence-corrected chi connectivity index (χ0v) is 17.6. The fourth-order valence-corrected chi connectivity index (χ4v) is 3.08. The standard InChI is InChI=1S/C25H27N3O3/c1-26-25(30)20-11-5-12-21(16-20)27-18-24(29)28-22-13-6-14-23(17-22)31-15-7-10-19-8-3-2-4-9-19/h2-6,8-9,11-14,16-17,27H,7,10,15,18H2,1H3,(H,26,30)(H,28,29). The van der Waals surface area contributed by atoms with Crippen LogP contribution in [0.4, 0.5) is 11.4 Å². The van der Waals surface area contributed by atoms with Crippen molar-refractivity contribution < 1.29 is 14.3 Å². The molecule has 0 heterocycles. The largest absolute Gasteiger partial charge is 0.494 e. The van der Waals surface area contributed by atoms with Crippen LogP contribution in [-0.2, 0) is 11.2 Å². The number of carbonyl (C=O) groups excluding carboxylic acids is 2. The summed E-state index contributed by atoms with van der Waals surface area (Å²) in [6.45, 7) is 0.689. The third-order valence-electron chi connectivity index (χ3n) is 4.64. The van der Waals surface area contributed by atoms with Gasteiger partial charge in [-0.2, -0.15) is 0 Å². The molecule has 0 radical (unpaired) electrons. The fraction of sp³-hybridized carbons (Fsp3) is 0.200. The molecule has 0 saturated heterocycles. The minimum Gasteiger partial charge on any atom is -0.494 e. The van der Waals surface area contributed by atoms with E-state index in [1.807, 2.05) is 48.5 Å². The molecule has 3 N–H and O–H groups in total. The predicted molar refractivity (Wildman–Crippen MR) is 124 cm³/mol. The highest BCUT2D eigenvalue weighted by Crippen LogP contribution is 2.18. The van der Waals surface area contributed by atoms with Gasteiger partial charge in [0.2, 0.25) is 5.91 Å². The molecule has 0 unspecified atom stereocenters. The quantitative estimate of drug-likeness (QED) is 0.434. The molecule has 0 aliphatic heterocycles. The molecule has 31 heavy (non-hydrogen) atoms. The van der Waals surface area contributed by atoms with Gasteiger partial charge in [-0.1, -0.05) is 42.5 Å². The van der Waals surface area contributed by atoms with Gasteiger partial charge < -0.3 is 20.7 Å². The molecule has 2 amide bonds. The Hall–Kier alpha value is -3.80. The van der Waals surface area contributed by atoms with E-state index in [4.69, 9.17) is 4.74 Å². The lowest BCUT2D eigenvalue weighted by Gasteiger charge is -2.11. The van der Waals surface area contributed by atoms with Crippen LogP contribution in [0.1, 0.15) is 22.3 Å². The molecule has 3 aromatic rings. The van der Waals surface area contributed by atoms with Crippen LogP contribution in [0.25, 0.3) is 0 Å². The average Bonchev–Trinajstić information content (AvgIpc) is 2.81. The van der Waals surface area contributed by atoms with Crippen molar-refractivity contribution in [3.05, 3.63) is 90.0 Å². The van der Waals surface area contributed by atoms with E-state index in [-0.39, 0.29) is 18.4 Å². The maximum atomic E-state index is 12.3. The highest BCUT2D eigenvalue weighted by atomic mass is 16.5. The van der Waals surface area contributed by atoms with Gasteiger partial charge in [-0.15, -0.1) is 0 Å². The molecule has 0 saturated carbocycles. The topological polar surface area (TPSA) is 79.5 Å². The first-order valence-corrected chi connectivity index (χ1v) is 10.3. The van der Waals surface area contributed by atoms with Crippen LogP contribution in [0.3, 0.4) is 0 Å². The number of nitrogens with one attached hydrogen (secondary N) is 3. The molecule has 0 fully saturated rings. The second-order valence-electron chi connectivity index (χ2n) is 7.03. The van der Waals surface area contributed by atoms with Crippen molar-refractivity contribution in [1.82, 2.24) is 5.32 Å². The van der Waals surface area contributed by atoms with Crippen molar-refractivity contribution in [2.24, 2.45) is 0 Å². The molecule has 0 spiro atoms. The van der Waals surface area contributed by atoms with Gasteiger partial charge in [0.05, 0.1) is 13.2 Å². The van der Waals surface area contributed by atoms with E-state index < -0.39 is 0 Å². The number of amides is 2. The number of benzene rings is 3. The Balaban J connectivity index is 1.44. The Morgan fingerprint density at radius 2 is 1.65 bits per heavy atom. The van der Waals surface area contributed by atoms with Crippen LogP contribution in [-0.4, -0.2) is 32.0 Å². The smallest absolute Gasteiger partial charge is 0.251 e. The molecule has 3 rings (SSSR count). The summed E-state index contributed by atoms with van der Waals surface area (Å²) >= 11 is 0. The van der Waals surface area contributed by atoms with Crippen LogP contribution in [0.15, 0.2) is 78.9 Å². The van der Waals surface area contributed by atoms with Gasteiger partial charge in [0, 0.05) is 30.1 Å². The van der Waals surface area contributed by atoms with Crippen LogP contribution in [0.2, 0.25) is 0 Å². The van der Waals surface area contributed by atoms with E-state index >= 15 is 0 Å². The van der Waals surface area contributed by atoms with Crippen LogP contribution in [0.5, 0.6) is 5.75 Å². The minimum atomic E-state index is -0.188. The summed E-state index contributed by atoms with van der Waals surface area (Å²) in [4.78, 5) is 24.0. The lowest BCUT2D eigenvalue weighted by Crippen LogP contribution is -2.22. The normalized spacial score (nSPS) is 10.2. The van der Waals surface area contributed by atoms with Gasteiger partial charge >= 0.3 is 0 Å². The van der Waals surface area contributed by atoms with Gasteiger partial charge in [0.15, 0.2) is 0 Å². The molecular formula is C25H27N3O3. The number of hydrogen-bond acceptors (Lipinski definition) is 4. The average molecular weight is 418 g/mol. The summed E-state index contributed by atoms with van der Waals surface area (Å²) in [6, 6.07) is 24.7. The van der Waals surface area contributed by atoms with Gasteiger partial charge in [0.1, 0.15) is 5.75 Å². The van der Waals surface area contributed by atoms with Gasteiger partial charge in [-0.3, -0.25) is 9.59 Å². The zero-order valence-electron chi connectivity index (χ0n) is 17.6. The molecule has 160 valence electrons. The van der Waals surface area contributed by atoms with E-state index in [9.17, 15) is 9.59 Å². The summed E-state index contributed by atoms with van der Waals surface area (Å²) in [5.74, 6) is 0.359. The summed E-state index contributed by atoms with van der Waals surface area (Å²) in [5, 5.41) is 8.47. The Labute approximate surface area is 182 Å². The first-order valence-electron chi connectivity index (χ1n) is 10.3. The van der Waals surface area contributed by atoms with Crippen LogP contribution in [0, 0.1) is 0 Å². The van der Waals surface area contributed by atoms with E-state index in [0.29, 0.717) is 23.5 Å². The van der Waals surface area contributed by atoms with Crippen molar-refractivity contribution in [3.8, 4) is 5.75 Å². The third kappa shape index (κ3) is 7.19. The molecule has 0 atom stereocenters. The van der Waals surface area contributed by atoms with E-state index in [0.717, 1.165) is 18.6 Å². The van der Waals surface area contributed by atoms with Crippen molar-refractivity contribution in [1.29, 1.82) is 0 Å². The second kappa shape index (κ2) is 11.4. The predicted octanol–water partition coefficient (Wildman–Crippen LogP) is 4.11. The molecule has 3 aromatic carbocycles. The van der Waals surface area contributed by atoms with Crippen LogP contribution >= 0.6 is 0 Å². The SMILES string of the molecule is CNC(=O)c1cccc(NCC(=O)Nc2cccc(OCCCc3ccccc3)c2)c1. The van der Waals surface area contributed by atoms with Crippen LogP contribution < -0.4 is 20.7 Å². The lowest BCUT2D eigenvalue weighted by atomic mass is 10.1. The van der Waals surface area contributed by atoms with Gasteiger partial charge in [-0.25, -0.2) is 0 Å². The van der Waals surface area contributed by atoms with E-state index in [1.165, 1.54) is 5.56 Å². The first-order chi connectivity index (χ1) is 15.1. The fourth-order valence-electron chi connectivity index (χ4n) is 3.08. The van der Waals surface area contributed by atoms with E-state index in [2.05, 4.69) is 28.1 Å². The van der Waals surface area contributed by atoms with Crippen molar-refractivity contribution >= 4 is 23.2 Å². The lowest BCUT2D eigenvalue weighted by molar-refractivity contribution is -0.114. The maximum absolute atomic E-state index is 12.3. The molecule has 0 aliphatic carbocycles. The van der Waals surface area contributed by atoms with Crippen molar-refractivity contribution in [2.75, 3.05) is 30.8 Å². The highest BCUT2D eigenvalue weighted by Gasteiger charge is 2.06. The van der Waals surface area contributed by atoms with Gasteiger partial charge in [0.25, 0.3) is 5.91 Å². The molecular weight excluding hydrogens is 390 g/mol. The number of hydrogen-bond donors (Lipinski definition) is 3. The number of aryl methyl sites for hydroxylation is 1. The third-order valence-corrected chi connectivity index (χ3v) is 4.64. The van der Waals surface area contributed by atoms with Crippen molar-refractivity contribution in [3.63, 3.8) is 0 Å². The highest BCUT2D eigenvalue weighted by molar-refractivity contribution is 5.96. The summed E-state index contributed by atoms with van der Waals surface area (Å²) in [7, 11) is 1.58. The van der Waals surface area contributed by atoms with E-state index in [1.54, 1.807) is 25.2 Å². The van der Waals surface area contributed by atoms with Gasteiger partial charge in [-0.05, 0) is 48.7 Å². The molecule has 6 nitrogen and oxygen atoms in total. The van der Waals surface area contributed by atoms with Crippen molar-refractivity contribution in [2.45, 2.75) is 12.8 Å². The molecule has 0 aromatic heterocycles. The number of carbonyl (C=O) groups is 2. The Morgan fingerprint density at radius 3 is 2.45 bits per heavy atom. The number of ether oxygens (including phenoxy) is 1. The summed E-state index contributed by atoms with van der Waals surface area (Å²) in [5.41, 5.74) is 3.20. The number of anilines is 2. The molecule has 6 heteroatoms. The molecule has 0 bridgehead atoms. The summed E-state index contributed by atoms with van der Waals surface area (Å²) < 4.78 is 5.82. The second-order valence-corrected chi connectivity index (χ2v) is 7.03. The Bertz CT molecular complexity index is 1010. The summed E-state index contributed by atoms with van der Waals surface area (Å²) in [6.07, 6.45) is 1.88. The Morgan fingerprint density at radius 1 is 0.871 bits per heavy atom. The monoisotopic (exact) mass is 417 g/mol.